The molecule has 1 aromatic rings. The second kappa shape index (κ2) is 7.10. The number of hydrogen-bond donors (Lipinski definition) is 1. The Balaban J connectivity index is 2.69. The van der Waals surface area contributed by atoms with Crippen LogP contribution in [0.1, 0.15) is 19.4 Å². The Hall–Kier alpha value is -2.43. The molecule has 19 heavy (non-hydrogen) atoms. The first-order chi connectivity index (χ1) is 9.00. The molecule has 0 aromatic heterocycles. The zero-order chi connectivity index (χ0) is 14.3. The Morgan fingerprint density at radius 1 is 1.26 bits per heavy atom. The average Bonchev–Trinajstić information content (AvgIpc) is 2.37. The highest BCUT2D eigenvalue weighted by Crippen LogP contribution is 2.06. The maximum absolute atomic E-state index is 11.7. The van der Waals surface area contributed by atoms with Crippen molar-refractivity contribution in [1.82, 2.24) is 0 Å². The third-order valence-corrected chi connectivity index (χ3v) is 2.20. The Morgan fingerprint density at radius 3 is 2.42 bits per heavy atom. The second-order valence-corrected chi connectivity index (χ2v) is 3.84. The van der Waals surface area contributed by atoms with Crippen molar-refractivity contribution in [3.05, 3.63) is 47.2 Å². The third kappa shape index (κ3) is 5.16. The van der Waals surface area contributed by atoms with Gasteiger partial charge in [-0.05, 0) is 12.5 Å². The maximum atomic E-state index is 11.7. The van der Waals surface area contributed by atoms with Crippen LogP contribution in [0, 0.1) is 0 Å². The Bertz CT molecular complexity index is 514. The highest BCUT2D eigenvalue weighted by Gasteiger charge is 2.13. The molecule has 0 unspecified atom stereocenters. The van der Waals surface area contributed by atoms with Crippen molar-refractivity contribution in [3.63, 3.8) is 0 Å². The number of aliphatic imine (C=N–C) groups is 1. The van der Waals surface area contributed by atoms with Crippen LogP contribution in [0.25, 0.3) is 0 Å². The zero-order valence-corrected chi connectivity index (χ0v) is 10.8. The minimum absolute atomic E-state index is 0.0877. The number of hydrogen-bond acceptors (Lipinski definition) is 4. The van der Waals surface area contributed by atoms with E-state index < -0.39 is 11.9 Å². The van der Waals surface area contributed by atoms with Crippen molar-refractivity contribution < 1.29 is 19.4 Å². The molecule has 0 bridgehead atoms. The fourth-order valence-corrected chi connectivity index (χ4v) is 1.25. The first-order valence-corrected chi connectivity index (χ1v) is 5.66. The van der Waals surface area contributed by atoms with E-state index in [0.29, 0.717) is 0 Å². The largest absolute Gasteiger partial charge is 0.512 e. The van der Waals surface area contributed by atoms with Gasteiger partial charge in [0.05, 0.1) is 0 Å². The van der Waals surface area contributed by atoms with E-state index in [1.54, 1.807) is 0 Å². The lowest BCUT2D eigenvalue weighted by atomic mass is 10.2. The van der Waals surface area contributed by atoms with E-state index in [4.69, 9.17) is 4.74 Å². The first-order valence-electron chi connectivity index (χ1n) is 5.66. The molecule has 0 heterocycles. The van der Waals surface area contributed by atoms with Crippen LogP contribution in [0.5, 0.6) is 0 Å². The molecule has 1 aromatic carbocycles. The third-order valence-electron chi connectivity index (χ3n) is 2.20. The SMILES string of the molecule is CC(=O)N=C/C(C(=O)OCc1ccccc1)=C(/C)O. The van der Waals surface area contributed by atoms with E-state index in [9.17, 15) is 14.7 Å². The molecule has 0 aliphatic carbocycles. The second-order valence-electron chi connectivity index (χ2n) is 3.84. The number of carbonyl (C=O) groups excluding carboxylic acids is 2. The summed E-state index contributed by atoms with van der Waals surface area (Å²) in [5.41, 5.74) is 0.695. The topological polar surface area (TPSA) is 76.0 Å². The number of aliphatic hydroxyl groups is 1. The molecule has 0 aliphatic heterocycles. The highest BCUT2D eigenvalue weighted by molar-refractivity contribution is 6.11. The number of carbonyl (C=O) groups is 2. The lowest BCUT2D eigenvalue weighted by Gasteiger charge is -2.05. The molecule has 100 valence electrons. The Morgan fingerprint density at radius 2 is 1.89 bits per heavy atom. The van der Waals surface area contributed by atoms with Gasteiger partial charge in [0, 0.05) is 13.1 Å². The monoisotopic (exact) mass is 261 g/mol. The molecule has 0 spiro atoms. The molecule has 0 saturated heterocycles. The number of esters is 1. The number of allylic oxidation sites excluding steroid dienone is 1. The molecule has 0 saturated carbocycles. The number of amides is 1. The standard InChI is InChI=1S/C14H15NO4/c1-10(16)13(8-15-11(2)17)14(18)19-9-12-6-4-3-5-7-12/h3-8,16H,9H2,1-2H3/b13-10+,15-8?. The fourth-order valence-electron chi connectivity index (χ4n) is 1.25. The summed E-state index contributed by atoms with van der Waals surface area (Å²) in [5, 5.41) is 9.37. The molecule has 1 amide bonds. The molecule has 0 fully saturated rings. The van der Waals surface area contributed by atoms with Crippen molar-refractivity contribution in [2.45, 2.75) is 20.5 Å². The van der Waals surface area contributed by atoms with Gasteiger partial charge in [0.1, 0.15) is 17.9 Å². The van der Waals surface area contributed by atoms with Crippen molar-refractivity contribution >= 4 is 18.1 Å². The van der Waals surface area contributed by atoms with Gasteiger partial charge in [-0.1, -0.05) is 30.3 Å². The van der Waals surface area contributed by atoms with E-state index >= 15 is 0 Å². The summed E-state index contributed by atoms with van der Waals surface area (Å²) in [4.78, 5) is 25.9. The molecule has 0 radical (unpaired) electrons. The lowest BCUT2D eigenvalue weighted by molar-refractivity contribution is -0.139. The summed E-state index contributed by atoms with van der Waals surface area (Å²) in [7, 11) is 0. The molecule has 0 aliphatic rings. The van der Waals surface area contributed by atoms with E-state index in [1.165, 1.54) is 13.8 Å². The molecule has 1 N–H and O–H groups in total. The van der Waals surface area contributed by atoms with Crippen LogP contribution in [0.15, 0.2) is 46.7 Å². The molecule has 1 rings (SSSR count). The number of ether oxygens (including phenoxy) is 1. The van der Waals surface area contributed by atoms with Gasteiger partial charge in [-0.3, -0.25) is 4.79 Å². The van der Waals surface area contributed by atoms with Crippen LogP contribution in [-0.4, -0.2) is 23.2 Å². The number of rotatable bonds is 4. The van der Waals surface area contributed by atoms with E-state index in [0.717, 1.165) is 11.8 Å². The normalized spacial score (nSPS) is 12.1. The van der Waals surface area contributed by atoms with Gasteiger partial charge in [-0.25, -0.2) is 9.79 Å². The number of benzene rings is 1. The van der Waals surface area contributed by atoms with Crippen LogP contribution in [0.3, 0.4) is 0 Å². The average molecular weight is 261 g/mol. The predicted molar refractivity (Wildman–Crippen MR) is 70.7 cm³/mol. The first kappa shape index (κ1) is 14.6. The molecule has 5 nitrogen and oxygen atoms in total. The van der Waals surface area contributed by atoms with Crippen molar-refractivity contribution in [3.8, 4) is 0 Å². The molecular formula is C14H15NO4. The predicted octanol–water partition coefficient (Wildman–Crippen LogP) is 2.18. The van der Waals surface area contributed by atoms with Gasteiger partial charge >= 0.3 is 5.97 Å². The van der Waals surface area contributed by atoms with Crippen LogP contribution >= 0.6 is 0 Å². The summed E-state index contributed by atoms with van der Waals surface area (Å²) in [5.74, 6) is -1.44. The van der Waals surface area contributed by atoms with Gasteiger partial charge in [0.15, 0.2) is 0 Å². The summed E-state index contributed by atoms with van der Waals surface area (Å²) in [6.07, 6.45) is 1.00. The van der Waals surface area contributed by atoms with Gasteiger partial charge < -0.3 is 9.84 Å². The van der Waals surface area contributed by atoms with Crippen LogP contribution in [0.4, 0.5) is 0 Å². The summed E-state index contributed by atoms with van der Waals surface area (Å²) < 4.78 is 5.02. The summed E-state index contributed by atoms with van der Waals surface area (Å²) in [6, 6.07) is 9.13. The minimum Gasteiger partial charge on any atom is -0.512 e. The highest BCUT2D eigenvalue weighted by atomic mass is 16.5. The maximum Gasteiger partial charge on any atom is 0.343 e. The van der Waals surface area contributed by atoms with Crippen LogP contribution in [-0.2, 0) is 20.9 Å². The summed E-state index contributed by atoms with van der Waals surface area (Å²) in [6.45, 7) is 2.66. The van der Waals surface area contributed by atoms with Gasteiger partial charge in [-0.2, -0.15) is 0 Å². The fraction of sp³-hybridized carbons (Fsp3) is 0.214. The number of nitrogens with zero attached hydrogens (tertiary/aromatic N) is 1. The summed E-state index contributed by atoms with van der Waals surface area (Å²) >= 11 is 0. The quantitative estimate of drug-likeness (QED) is 0.390. The van der Waals surface area contributed by atoms with Gasteiger partial charge in [0.25, 0.3) is 0 Å². The Labute approximate surface area is 111 Å². The van der Waals surface area contributed by atoms with Crippen LogP contribution in [0.2, 0.25) is 0 Å². The smallest absolute Gasteiger partial charge is 0.343 e. The van der Waals surface area contributed by atoms with E-state index in [1.807, 2.05) is 30.3 Å². The van der Waals surface area contributed by atoms with Crippen molar-refractivity contribution in [2.75, 3.05) is 0 Å². The molecule has 0 atom stereocenters. The van der Waals surface area contributed by atoms with E-state index in [2.05, 4.69) is 4.99 Å². The van der Waals surface area contributed by atoms with Crippen molar-refractivity contribution in [1.29, 1.82) is 0 Å². The molecular weight excluding hydrogens is 246 g/mol. The van der Waals surface area contributed by atoms with Gasteiger partial charge in [0.2, 0.25) is 5.91 Å². The lowest BCUT2D eigenvalue weighted by Crippen LogP contribution is -2.11. The van der Waals surface area contributed by atoms with Crippen LogP contribution < -0.4 is 0 Å². The minimum atomic E-state index is -0.728. The van der Waals surface area contributed by atoms with Crippen molar-refractivity contribution in [2.24, 2.45) is 4.99 Å². The van der Waals surface area contributed by atoms with E-state index in [-0.39, 0.29) is 17.9 Å². The zero-order valence-electron chi connectivity index (χ0n) is 10.8. The number of aliphatic hydroxyl groups excluding tert-OH is 1. The van der Waals surface area contributed by atoms with Gasteiger partial charge in [-0.15, -0.1) is 0 Å². The Kier molecular flexibility index (Phi) is 5.47. The molecule has 5 heteroatoms.